The largest absolute Gasteiger partial charge is 0.292 e. The van der Waals surface area contributed by atoms with Gasteiger partial charge in [-0.1, -0.05) is 67.1 Å². The Labute approximate surface area is 204 Å². The van der Waals surface area contributed by atoms with Gasteiger partial charge in [-0.05, 0) is 67.1 Å². The van der Waals surface area contributed by atoms with Crippen LogP contribution in [0.4, 0.5) is 11.4 Å². The lowest BCUT2D eigenvalue weighted by Crippen LogP contribution is -2.53. The van der Waals surface area contributed by atoms with Crippen molar-refractivity contribution in [3.05, 3.63) is 108 Å². The molecule has 0 saturated heterocycles. The van der Waals surface area contributed by atoms with Gasteiger partial charge in [0.25, 0.3) is 0 Å². The average molecular weight is 467 g/mol. The van der Waals surface area contributed by atoms with E-state index in [1.165, 1.54) is 17.3 Å². The zero-order chi connectivity index (χ0) is 23.7. The summed E-state index contributed by atoms with van der Waals surface area (Å²) in [6.45, 7) is 5.76. The van der Waals surface area contributed by atoms with Crippen LogP contribution in [0, 0.1) is 6.92 Å². The first-order chi connectivity index (χ1) is 16.5. The highest BCUT2D eigenvalue weighted by Crippen LogP contribution is 2.47. The molecule has 2 aliphatic heterocycles. The molecule has 3 aromatic carbocycles. The Balaban J connectivity index is 1.65. The van der Waals surface area contributed by atoms with Crippen LogP contribution in [0.2, 0.25) is 0 Å². The van der Waals surface area contributed by atoms with E-state index in [4.69, 9.17) is 10.2 Å². The van der Waals surface area contributed by atoms with Crippen LogP contribution in [0.3, 0.4) is 0 Å². The normalized spacial score (nSPS) is 19.4. The standard InChI is InChI=1S/C28H26N4OS/c1-4-22-12-14-23(15-13-22)26-18-19-28(31(29-26)24-8-6-5-7-9-24)32(30-27(34-28)21(3)33)25-16-10-20(2)11-17-25/h5-19H,4H2,1-3H3. The Bertz CT molecular complexity index is 1300. The number of anilines is 2. The maximum atomic E-state index is 12.4. The van der Waals surface area contributed by atoms with Gasteiger partial charge in [0.2, 0.25) is 4.99 Å². The van der Waals surface area contributed by atoms with Gasteiger partial charge in [0.1, 0.15) is 0 Å². The molecule has 0 N–H and O–H groups in total. The molecule has 2 aliphatic rings. The van der Waals surface area contributed by atoms with Crippen molar-refractivity contribution < 1.29 is 4.79 Å². The fourth-order valence-electron chi connectivity index (χ4n) is 4.02. The van der Waals surface area contributed by atoms with Crippen LogP contribution in [0.5, 0.6) is 0 Å². The Morgan fingerprint density at radius 1 is 0.882 bits per heavy atom. The van der Waals surface area contributed by atoms with E-state index in [1.54, 1.807) is 6.92 Å². The van der Waals surface area contributed by atoms with Gasteiger partial charge >= 0.3 is 0 Å². The summed E-state index contributed by atoms with van der Waals surface area (Å²) >= 11 is 1.41. The fraction of sp³-hybridized carbons (Fsp3) is 0.179. The summed E-state index contributed by atoms with van der Waals surface area (Å²) in [5.74, 6) is -0.0645. The predicted molar refractivity (Wildman–Crippen MR) is 143 cm³/mol. The van der Waals surface area contributed by atoms with Gasteiger partial charge in [-0.3, -0.25) is 4.79 Å². The molecule has 5 rings (SSSR count). The summed E-state index contributed by atoms with van der Waals surface area (Å²) in [6.07, 6.45) is 5.13. The molecule has 0 fully saturated rings. The van der Waals surface area contributed by atoms with Gasteiger partial charge in [0.15, 0.2) is 10.8 Å². The monoisotopic (exact) mass is 466 g/mol. The number of carbonyl (C=O) groups excluding carboxylic acids is 1. The summed E-state index contributed by atoms with van der Waals surface area (Å²) in [5.41, 5.74) is 6.16. The molecule has 34 heavy (non-hydrogen) atoms. The first-order valence-electron chi connectivity index (χ1n) is 11.4. The second kappa shape index (κ2) is 8.95. The molecule has 0 radical (unpaired) electrons. The van der Waals surface area contributed by atoms with Crippen LogP contribution in [0.15, 0.2) is 101 Å². The Hall–Kier alpha value is -3.64. The van der Waals surface area contributed by atoms with Gasteiger partial charge in [-0.25, -0.2) is 10.0 Å². The van der Waals surface area contributed by atoms with E-state index in [2.05, 4.69) is 56.3 Å². The van der Waals surface area contributed by atoms with Crippen LogP contribution < -0.4 is 10.0 Å². The van der Waals surface area contributed by atoms with E-state index >= 15 is 0 Å². The maximum Gasteiger partial charge on any atom is 0.227 e. The molecular weight excluding hydrogens is 440 g/mol. The van der Waals surface area contributed by atoms with E-state index in [-0.39, 0.29) is 5.78 Å². The van der Waals surface area contributed by atoms with Gasteiger partial charge in [0.05, 0.1) is 17.1 Å². The van der Waals surface area contributed by atoms with Crippen molar-refractivity contribution in [1.29, 1.82) is 0 Å². The molecule has 0 aliphatic carbocycles. The minimum absolute atomic E-state index is 0.0645. The fourth-order valence-corrected chi connectivity index (χ4v) is 5.18. The Morgan fingerprint density at radius 2 is 1.53 bits per heavy atom. The smallest absolute Gasteiger partial charge is 0.227 e. The molecule has 2 heterocycles. The number of aryl methyl sites for hydroxylation is 2. The third-order valence-corrected chi connectivity index (χ3v) is 7.29. The number of ketones is 1. The average Bonchev–Trinajstić information content (AvgIpc) is 3.25. The van der Waals surface area contributed by atoms with Crippen LogP contribution >= 0.6 is 11.8 Å². The molecule has 1 atom stereocenters. The lowest BCUT2D eigenvalue weighted by molar-refractivity contribution is -0.110. The molecule has 1 spiro atoms. The molecule has 0 saturated carbocycles. The number of allylic oxidation sites excluding steroid dienone is 1. The van der Waals surface area contributed by atoms with Gasteiger partial charge in [-0.2, -0.15) is 10.2 Å². The number of hydrazone groups is 2. The summed E-state index contributed by atoms with van der Waals surface area (Å²) < 4.78 is 0. The maximum absolute atomic E-state index is 12.4. The summed E-state index contributed by atoms with van der Waals surface area (Å²) in [5, 5.41) is 14.2. The molecule has 170 valence electrons. The van der Waals surface area contributed by atoms with E-state index in [0.717, 1.165) is 34.6 Å². The SMILES string of the molecule is CCc1ccc(C2=NN(c3ccccc3)C3(C=C2)SC(C(C)=O)=NN3c2ccc(C)cc2)cc1. The molecule has 0 bridgehead atoms. The number of nitrogens with zero attached hydrogens (tertiary/aromatic N) is 4. The summed E-state index contributed by atoms with van der Waals surface area (Å²) in [6, 6.07) is 26.7. The molecule has 0 amide bonds. The molecule has 6 heteroatoms. The van der Waals surface area contributed by atoms with E-state index in [9.17, 15) is 4.79 Å². The highest BCUT2D eigenvalue weighted by Gasteiger charge is 2.50. The number of benzene rings is 3. The number of carbonyl (C=O) groups is 1. The number of rotatable bonds is 5. The minimum atomic E-state index is -0.843. The van der Waals surface area contributed by atoms with Crippen molar-refractivity contribution in [2.45, 2.75) is 32.2 Å². The van der Waals surface area contributed by atoms with Gasteiger partial charge in [0, 0.05) is 12.5 Å². The van der Waals surface area contributed by atoms with E-state index < -0.39 is 4.99 Å². The summed E-state index contributed by atoms with van der Waals surface area (Å²) in [4.78, 5) is 11.6. The Kier molecular flexibility index (Phi) is 5.84. The quantitative estimate of drug-likeness (QED) is 0.453. The van der Waals surface area contributed by atoms with Gasteiger partial charge in [-0.15, -0.1) is 0 Å². The highest BCUT2D eigenvalue weighted by atomic mass is 32.2. The number of hydrogen-bond acceptors (Lipinski definition) is 6. The first-order valence-corrected chi connectivity index (χ1v) is 12.2. The van der Waals surface area contributed by atoms with Crippen molar-refractivity contribution in [2.24, 2.45) is 10.2 Å². The van der Waals surface area contributed by atoms with Crippen molar-refractivity contribution in [3.8, 4) is 0 Å². The third-order valence-electron chi connectivity index (χ3n) is 5.95. The van der Waals surface area contributed by atoms with E-state index in [0.29, 0.717) is 5.04 Å². The van der Waals surface area contributed by atoms with Gasteiger partial charge < -0.3 is 0 Å². The third kappa shape index (κ3) is 3.94. The van der Waals surface area contributed by atoms with E-state index in [1.807, 2.05) is 58.6 Å². The number of hydrogen-bond donors (Lipinski definition) is 0. The van der Waals surface area contributed by atoms with Crippen molar-refractivity contribution in [2.75, 3.05) is 10.0 Å². The van der Waals surface area contributed by atoms with Crippen LogP contribution in [-0.2, 0) is 11.2 Å². The topological polar surface area (TPSA) is 48.3 Å². The van der Waals surface area contributed by atoms with Crippen LogP contribution in [-0.4, -0.2) is 21.5 Å². The highest BCUT2D eigenvalue weighted by molar-refractivity contribution is 8.17. The molecular formula is C28H26N4OS. The van der Waals surface area contributed by atoms with Crippen molar-refractivity contribution >= 4 is 39.7 Å². The number of para-hydroxylation sites is 1. The predicted octanol–water partition coefficient (Wildman–Crippen LogP) is 6.15. The minimum Gasteiger partial charge on any atom is -0.292 e. The molecule has 3 aromatic rings. The lowest BCUT2D eigenvalue weighted by atomic mass is 10.0. The lowest BCUT2D eigenvalue weighted by Gasteiger charge is -2.43. The molecule has 1 unspecified atom stereocenters. The second-order valence-electron chi connectivity index (χ2n) is 8.39. The second-order valence-corrected chi connectivity index (χ2v) is 9.58. The van der Waals surface area contributed by atoms with Crippen LogP contribution in [0.1, 0.15) is 30.5 Å². The first kappa shape index (κ1) is 22.2. The van der Waals surface area contributed by atoms with Crippen molar-refractivity contribution in [1.82, 2.24) is 0 Å². The zero-order valence-corrected chi connectivity index (χ0v) is 20.3. The molecule has 5 nitrogen and oxygen atoms in total. The zero-order valence-electron chi connectivity index (χ0n) is 19.5. The number of thioether (sulfide) groups is 1. The summed E-state index contributed by atoms with van der Waals surface area (Å²) in [7, 11) is 0. The Morgan fingerprint density at radius 3 is 2.18 bits per heavy atom. The van der Waals surface area contributed by atoms with Crippen LogP contribution in [0.25, 0.3) is 0 Å². The van der Waals surface area contributed by atoms with Crippen molar-refractivity contribution in [3.63, 3.8) is 0 Å². The molecule has 0 aromatic heterocycles. The number of Topliss-reactive ketones (excluding diaryl/α,β-unsaturated/α-hetero) is 1.